The number of carbonyl (C=O) groups excluding carboxylic acids is 1. The lowest BCUT2D eigenvalue weighted by molar-refractivity contribution is 0.152. The molecule has 0 saturated carbocycles. The van der Waals surface area contributed by atoms with Crippen molar-refractivity contribution in [2.45, 2.75) is 77.6 Å². The summed E-state index contributed by atoms with van der Waals surface area (Å²) in [4.78, 5) is 10.2. The van der Waals surface area contributed by atoms with Crippen LogP contribution < -0.4 is 5.73 Å². The number of amides is 1. The summed E-state index contributed by atoms with van der Waals surface area (Å²) < 4.78 is 4.55. The van der Waals surface area contributed by atoms with E-state index in [0.717, 1.165) is 12.8 Å². The van der Waals surface area contributed by atoms with Gasteiger partial charge >= 0.3 is 6.09 Å². The van der Waals surface area contributed by atoms with Gasteiger partial charge in [0.25, 0.3) is 0 Å². The molecule has 0 aliphatic carbocycles. The van der Waals surface area contributed by atoms with E-state index in [1.165, 1.54) is 57.8 Å². The number of carbonyl (C=O) groups is 1. The van der Waals surface area contributed by atoms with Crippen LogP contribution in [0.1, 0.15) is 77.6 Å². The highest BCUT2D eigenvalue weighted by atomic mass is 16.5. The molecule has 0 fully saturated rings. The molecule has 1 amide bonds. The Bertz CT molecular complexity index is 172. The van der Waals surface area contributed by atoms with Crippen LogP contribution >= 0.6 is 0 Å². The van der Waals surface area contributed by atoms with Crippen LogP contribution in [0.15, 0.2) is 0 Å². The topological polar surface area (TPSA) is 50.1 Å². The third-order valence-electron chi connectivity index (χ3n) is 2.98. The summed E-state index contributed by atoms with van der Waals surface area (Å²) in [6.45, 7) is 2.66. The molecule has 17 heavy (non-hydrogen) atoms. The Morgan fingerprint density at radius 1 is 0.824 bits per heavy atom. The van der Waals surface area contributed by atoms with Gasteiger partial charge in [-0.05, 0) is 6.42 Å². The Morgan fingerprint density at radius 3 is 1.65 bits per heavy atom. The predicted molar refractivity (Wildman–Crippen MR) is 70.9 cm³/mol. The van der Waals surface area contributed by atoms with Crippen LogP contribution in [0, 0.1) is 0 Å². The minimum absolute atomic E-state index is 0.416. The monoisotopic (exact) mass is 242 g/mol. The van der Waals surface area contributed by atoms with Crippen molar-refractivity contribution in [2.75, 3.05) is 6.61 Å². The third-order valence-corrected chi connectivity index (χ3v) is 2.98. The predicted octanol–water partition coefficient (Wildman–Crippen LogP) is 4.72. The van der Waals surface area contributed by atoms with Crippen molar-refractivity contribution in [3.63, 3.8) is 0 Å². The zero-order valence-electron chi connectivity index (χ0n) is 11.3. The molecule has 101 valence electrons. The van der Waals surface area contributed by atoms with Crippen LogP contribution in [-0.2, 0) is 4.74 Å². The van der Waals surface area contributed by atoms with Gasteiger partial charge in [-0.3, -0.25) is 0 Å². The fourth-order valence-electron chi connectivity index (χ4n) is 1.93. The Morgan fingerprint density at radius 2 is 1.24 bits per heavy atom. The Hall–Kier alpha value is -0.730. The minimum Gasteiger partial charge on any atom is -0.448 e. The van der Waals surface area contributed by atoms with Crippen LogP contribution in [0.5, 0.6) is 0 Å². The molecule has 0 unspecified atom stereocenters. The summed E-state index contributed by atoms with van der Waals surface area (Å²) in [5.41, 5.74) is 6.56. The highest BCUT2D eigenvalue weighted by molar-refractivity contribution is 5.63. The zero-order chi connectivity index (χ0) is 12.8. The summed E-state index contributed by atoms with van der Waals surface area (Å²) in [6.07, 6.45) is 13.2. The lowest BCUT2D eigenvalue weighted by Crippen LogP contribution is -2.03. The van der Waals surface area contributed by atoms with Gasteiger partial charge in [0.15, 0.2) is 0 Å². The summed E-state index contributed by atoms with van der Waals surface area (Å²) in [7, 11) is 0. The molecular formula is C14H28NO2. The van der Waals surface area contributed by atoms with E-state index in [1.54, 1.807) is 0 Å². The third kappa shape index (κ3) is 15.3. The quantitative estimate of drug-likeness (QED) is 0.465. The van der Waals surface area contributed by atoms with Crippen molar-refractivity contribution in [2.24, 2.45) is 0 Å². The van der Waals surface area contributed by atoms with E-state index in [0.29, 0.717) is 6.61 Å². The fourth-order valence-corrected chi connectivity index (χ4v) is 1.93. The van der Waals surface area contributed by atoms with E-state index in [-0.39, 0.29) is 0 Å². The molecule has 0 aromatic carbocycles. The second-order valence-corrected chi connectivity index (χ2v) is 4.67. The van der Waals surface area contributed by atoms with Crippen LogP contribution in [-0.4, -0.2) is 12.7 Å². The molecule has 3 heteroatoms. The van der Waals surface area contributed by atoms with Gasteiger partial charge in [0, 0.05) is 0 Å². The summed E-state index contributed by atoms with van der Waals surface area (Å²) in [5, 5.41) is 0. The fraction of sp³-hybridized carbons (Fsp3) is 0.929. The van der Waals surface area contributed by atoms with Gasteiger partial charge < -0.3 is 4.74 Å². The van der Waals surface area contributed by atoms with Crippen molar-refractivity contribution >= 4 is 6.09 Å². The normalized spacial score (nSPS) is 10.4. The first-order chi connectivity index (χ1) is 8.27. The second-order valence-electron chi connectivity index (χ2n) is 4.67. The van der Waals surface area contributed by atoms with Crippen LogP contribution in [0.3, 0.4) is 0 Å². The lowest BCUT2D eigenvalue weighted by Gasteiger charge is -2.02. The van der Waals surface area contributed by atoms with Crippen LogP contribution in [0.4, 0.5) is 4.79 Å². The first kappa shape index (κ1) is 16.3. The van der Waals surface area contributed by atoms with Crippen molar-refractivity contribution in [3.05, 3.63) is 0 Å². The zero-order valence-corrected chi connectivity index (χ0v) is 11.3. The van der Waals surface area contributed by atoms with E-state index < -0.39 is 6.09 Å². The summed E-state index contributed by atoms with van der Waals surface area (Å²) >= 11 is 0. The maximum absolute atomic E-state index is 10.2. The van der Waals surface area contributed by atoms with Gasteiger partial charge in [-0.15, -0.1) is 0 Å². The molecule has 1 N–H and O–H groups in total. The smallest absolute Gasteiger partial charge is 0.426 e. The van der Waals surface area contributed by atoms with E-state index in [4.69, 9.17) is 5.73 Å². The molecule has 0 aromatic heterocycles. The second kappa shape index (κ2) is 13.3. The Kier molecular flexibility index (Phi) is 12.8. The molecule has 0 heterocycles. The highest BCUT2D eigenvalue weighted by Crippen LogP contribution is 2.11. The molecular weight excluding hydrogens is 214 g/mol. The van der Waals surface area contributed by atoms with Crippen molar-refractivity contribution in [1.29, 1.82) is 0 Å². The molecule has 0 spiro atoms. The molecule has 0 rings (SSSR count). The summed E-state index contributed by atoms with van der Waals surface area (Å²) in [6, 6.07) is 0. The molecule has 0 atom stereocenters. The molecule has 0 bridgehead atoms. The molecule has 0 aromatic rings. The SMILES string of the molecule is CCCCCCCCCCCCCOC([NH])=O. The van der Waals surface area contributed by atoms with Gasteiger partial charge in [-0.2, -0.15) is 0 Å². The lowest BCUT2D eigenvalue weighted by atomic mass is 10.1. The Balaban J connectivity index is 2.91. The maximum Gasteiger partial charge on any atom is 0.426 e. The largest absolute Gasteiger partial charge is 0.448 e. The Labute approximate surface area is 106 Å². The number of hydrogen-bond acceptors (Lipinski definition) is 2. The van der Waals surface area contributed by atoms with Gasteiger partial charge in [0.1, 0.15) is 0 Å². The van der Waals surface area contributed by atoms with E-state index in [2.05, 4.69) is 11.7 Å². The van der Waals surface area contributed by atoms with Gasteiger partial charge in [0.05, 0.1) is 6.61 Å². The number of rotatable bonds is 12. The minimum atomic E-state index is -0.905. The van der Waals surface area contributed by atoms with Gasteiger partial charge in [-0.25, -0.2) is 10.5 Å². The molecule has 3 nitrogen and oxygen atoms in total. The molecule has 0 aliphatic heterocycles. The highest BCUT2D eigenvalue weighted by Gasteiger charge is 1.95. The van der Waals surface area contributed by atoms with Gasteiger partial charge in [-0.1, -0.05) is 71.1 Å². The first-order valence-electron chi connectivity index (χ1n) is 7.15. The number of unbranched alkanes of at least 4 members (excludes halogenated alkanes) is 10. The van der Waals surface area contributed by atoms with Crippen LogP contribution in [0.25, 0.3) is 0 Å². The van der Waals surface area contributed by atoms with E-state index in [1.807, 2.05) is 0 Å². The average molecular weight is 242 g/mol. The number of nitrogens with one attached hydrogen (secondary N) is 1. The van der Waals surface area contributed by atoms with Crippen LogP contribution in [0.2, 0.25) is 0 Å². The standard InChI is InChI=1S/C14H28NO2/c1-2-3-4-5-6-7-8-9-10-11-12-13-17-14(15)16/h15H,2-13H2,1H3. The number of hydrogen-bond donors (Lipinski definition) is 0. The molecule has 0 saturated heterocycles. The van der Waals surface area contributed by atoms with E-state index >= 15 is 0 Å². The van der Waals surface area contributed by atoms with Gasteiger partial charge in [0.2, 0.25) is 0 Å². The number of ether oxygens (including phenoxy) is 1. The van der Waals surface area contributed by atoms with Crippen molar-refractivity contribution in [3.8, 4) is 0 Å². The average Bonchev–Trinajstić information content (AvgIpc) is 2.30. The molecule has 1 radical (unpaired) electrons. The summed E-state index contributed by atoms with van der Waals surface area (Å²) in [5.74, 6) is 0. The first-order valence-corrected chi connectivity index (χ1v) is 7.15. The van der Waals surface area contributed by atoms with E-state index in [9.17, 15) is 4.79 Å². The van der Waals surface area contributed by atoms with Crippen molar-refractivity contribution in [1.82, 2.24) is 5.73 Å². The van der Waals surface area contributed by atoms with Crippen molar-refractivity contribution < 1.29 is 9.53 Å². The maximum atomic E-state index is 10.2. The molecule has 0 aliphatic rings.